The maximum Gasteiger partial charge on any atom is 0.252 e. The number of nitriles is 1. The monoisotopic (exact) mass is 412 g/mol. The summed E-state index contributed by atoms with van der Waals surface area (Å²) in [6.07, 6.45) is 1.07. The summed E-state index contributed by atoms with van der Waals surface area (Å²) in [5.41, 5.74) is 2.21. The second kappa shape index (κ2) is 8.02. The Balaban J connectivity index is 1.87. The van der Waals surface area contributed by atoms with Gasteiger partial charge in [-0.1, -0.05) is 11.6 Å². The van der Waals surface area contributed by atoms with Crippen LogP contribution in [0.25, 0.3) is 10.9 Å². The highest BCUT2D eigenvalue weighted by molar-refractivity contribution is 6.32. The van der Waals surface area contributed by atoms with Gasteiger partial charge in [0.1, 0.15) is 11.9 Å². The average molecular weight is 413 g/mol. The Labute approximate surface area is 171 Å². The molecule has 0 unspecified atom stereocenters. The first-order valence-electron chi connectivity index (χ1n) is 8.88. The van der Waals surface area contributed by atoms with E-state index in [2.05, 4.69) is 15.3 Å². The van der Waals surface area contributed by atoms with Crippen LogP contribution in [0.4, 0.5) is 4.39 Å². The van der Waals surface area contributed by atoms with Gasteiger partial charge in [-0.15, -0.1) is 0 Å². The molecule has 0 fully saturated rings. The Morgan fingerprint density at radius 2 is 2.10 bits per heavy atom. The Bertz CT molecular complexity index is 1230. The van der Waals surface area contributed by atoms with Gasteiger partial charge in [0.2, 0.25) is 5.91 Å². The summed E-state index contributed by atoms with van der Waals surface area (Å²) in [6, 6.07) is 5.58. The van der Waals surface area contributed by atoms with E-state index in [-0.39, 0.29) is 23.2 Å². The molecule has 3 rings (SSSR count). The number of nitrogens with zero attached hydrogens (tertiary/aromatic N) is 2. The number of amides is 1. The first-order valence-corrected chi connectivity index (χ1v) is 9.26. The van der Waals surface area contributed by atoms with E-state index in [0.717, 1.165) is 17.0 Å². The summed E-state index contributed by atoms with van der Waals surface area (Å²) < 4.78 is 14.1. The van der Waals surface area contributed by atoms with Crippen molar-refractivity contribution in [2.75, 3.05) is 0 Å². The smallest absolute Gasteiger partial charge is 0.252 e. The molecule has 0 radical (unpaired) electrons. The molecule has 2 aromatic heterocycles. The van der Waals surface area contributed by atoms with Gasteiger partial charge in [-0.2, -0.15) is 5.26 Å². The molecular weight excluding hydrogens is 395 g/mol. The van der Waals surface area contributed by atoms with Gasteiger partial charge in [0.15, 0.2) is 0 Å². The van der Waals surface area contributed by atoms with E-state index in [4.69, 9.17) is 16.9 Å². The van der Waals surface area contributed by atoms with Crippen LogP contribution >= 0.6 is 11.6 Å². The molecule has 29 heavy (non-hydrogen) atoms. The highest BCUT2D eigenvalue weighted by Gasteiger charge is 2.19. The minimum Gasteiger partial charge on any atom is -0.348 e. The van der Waals surface area contributed by atoms with Crippen LogP contribution in [0, 0.1) is 31.0 Å². The average Bonchev–Trinajstić information content (AvgIpc) is 2.67. The Morgan fingerprint density at radius 3 is 2.76 bits per heavy atom. The number of aryl methyl sites for hydroxylation is 2. The fourth-order valence-corrected chi connectivity index (χ4v) is 3.51. The van der Waals surface area contributed by atoms with E-state index in [9.17, 15) is 14.0 Å². The van der Waals surface area contributed by atoms with Crippen LogP contribution < -0.4 is 10.9 Å². The molecule has 2 heterocycles. The maximum atomic E-state index is 14.1. The van der Waals surface area contributed by atoms with Gasteiger partial charge < -0.3 is 10.3 Å². The van der Waals surface area contributed by atoms with Crippen molar-refractivity contribution in [2.24, 2.45) is 0 Å². The number of rotatable bonds is 4. The number of benzene rings is 1. The van der Waals surface area contributed by atoms with Crippen molar-refractivity contribution < 1.29 is 9.18 Å². The standard InChI is InChI=1S/C21H18ClFN4O2/c1-10-14(21(29)27-17-5-4-15(22)11(2)19(10)17)7-18(28)26-12(3)20-16(23)6-13(8-24)9-25-20/h4-6,9,12H,7H2,1-3H3,(H,26,28)(H,27,29)/t12-/m0/s1. The first-order chi connectivity index (χ1) is 13.7. The van der Waals surface area contributed by atoms with Crippen LogP contribution in [0.15, 0.2) is 29.2 Å². The topological polar surface area (TPSA) is 98.6 Å². The molecular formula is C21H18ClFN4O2. The second-order valence-corrected chi connectivity index (χ2v) is 7.23. The molecule has 0 aliphatic heterocycles. The van der Waals surface area contributed by atoms with Gasteiger partial charge in [-0.3, -0.25) is 14.6 Å². The van der Waals surface area contributed by atoms with E-state index in [1.807, 2.05) is 6.92 Å². The normalized spacial score (nSPS) is 11.9. The van der Waals surface area contributed by atoms with Crippen molar-refractivity contribution in [2.45, 2.75) is 33.2 Å². The Hall–Kier alpha value is -3.24. The molecule has 0 saturated heterocycles. The zero-order valence-corrected chi connectivity index (χ0v) is 16.8. The van der Waals surface area contributed by atoms with Crippen LogP contribution in [0.2, 0.25) is 5.02 Å². The van der Waals surface area contributed by atoms with Crippen molar-refractivity contribution in [1.29, 1.82) is 5.26 Å². The predicted octanol–water partition coefficient (Wildman–Crippen LogP) is 3.62. The molecule has 0 aliphatic carbocycles. The van der Waals surface area contributed by atoms with Crippen molar-refractivity contribution in [1.82, 2.24) is 15.3 Å². The number of carbonyl (C=O) groups excluding carboxylic acids is 1. The lowest BCUT2D eigenvalue weighted by molar-refractivity contribution is -0.121. The van der Waals surface area contributed by atoms with E-state index in [1.165, 1.54) is 6.20 Å². The van der Waals surface area contributed by atoms with E-state index >= 15 is 0 Å². The van der Waals surface area contributed by atoms with E-state index in [0.29, 0.717) is 21.7 Å². The number of aromatic nitrogens is 2. The van der Waals surface area contributed by atoms with Crippen LogP contribution in [0.3, 0.4) is 0 Å². The molecule has 2 N–H and O–H groups in total. The third-order valence-electron chi connectivity index (χ3n) is 4.87. The van der Waals surface area contributed by atoms with E-state index < -0.39 is 17.8 Å². The molecule has 1 atom stereocenters. The third kappa shape index (κ3) is 3.98. The highest BCUT2D eigenvalue weighted by Crippen LogP contribution is 2.27. The second-order valence-electron chi connectivity index (χ2n) is 6.82. The van der Waals surface area contributed by atoms with Gasteiger partial charge in [0.25, 0.3) is 5.56 Å². The van der Waals surface area contributed by atoms with Crippen LogP contribution in [-0.2, 0) is 11.2 Å². The molecule has 0 spiro atoms. The largest absolute Gasteiger partial charge is 0.348 e. The Morgan fingerprint density at radius 1 is 1.38 bits per heavy atom. The molecule has 8 heteroatoms. The number of fused-ring (bicyclic) bond motifs is 1. The highest BCUT2D eigenvalue weighted by atomic mass is 35.5. The van der Waals surface area contributed by atoms with Gasteiger partial charge in [0, 0.05) is 27.7 Å². The van der Waals surface area contributed by atoms with Crippen LogP contribution in [0.1, 0.15) is 40.9 Å². The lowest BCUT2D eigenvalue weighted by Gasteiger charge is -2.16. The van der Waals surface area contributed by atoms with E-state index in [1.54, 1.807) is 32.0 Å². The number of hydrogen-bond acceptors (Lipinski definition) is 4. The zero-order valence-electron chi connectivity index (χ0n) is 16.1. The quantitative estimate of drug-likeness (QED) is 0.683. The molecule has 3 aromatic rings. The number of hydrogen-bond donors (Lipinski definition) is 2. The summed E-state index contributed by atoms with van der Waals surface area (Å²) in [5, 5.41) is 12.8. The van der Waals surface area contributed by atoms with Crippen molar-refractivity contribution >= 4 is 28.4 Å². The summed E-state index contributed by atoms with van der Waals surface area (Å²) in [7, 11) is 0. The molecule has 148 valence electrons. The fraction of sp³-hybridized carbons (Fsp3) is 0.238. The van der Waals surface area contributed by atoms with Crippen LogP contribution in [0.5, 0.6) is 0 Å². The van der Waals surface area contributed by atoms with Gasteiger partial charge >= 0.3 is 0 Å². The molecule has 1 aromatic carbocycles. The maximum absolute atomic E-state index is 14.1. The van der Waals surface area contributed by atoms with Crippen molar-refractivity contribution in [3.05, 3.63) is 73.5 Å². The van der Waals surface area contributed by atoms with Gasteiger partial charge in [-0.25, -0.2) is 4.39 Å². The lowest BCUT2D eigenvalue weighted by atomic mass is 9.98. The molecule has 1 amide bonds. The number of aromatic amines is 1. The summed E-state index contributed by atoms with van der Waals surface area (Å²) in [5.74, 6) is -1.13. The van der Waals surface area contributed by atoms with Crippen molar-refractivity contribution in [3.63, 3.8) is 0 Å². The molecule has 0 aliphatic rings. The van der Waals surface area contributed by atoms with Crippen molar-refractivity contribution in [3.8, 4) is 6.07 Å². The summed E-state index contributed by atoms with van der Waals surface area (Å²) in [4.78, 5) is 31.7. The Kier molecular flexibility index (Phi) is 5.66. The lowest BCUT2D eigenvalue weighted by Crippen LogP contribution is -2.31. The number of carbonyl (C=O) groups is 1. The van der Waals surface area contributed by atoms with Gasteiger partial charge in [0.05, 0.1) is 23.7 Å². The number of H-pyrrole nitrogens is 1. The minimum absolute atomic E-state index is 0.0177. The molecule has 0 bridgehead atoms. The molecule has 0 saturated carbocycles. The summed E-state index contributed by atoms with van der Waals surface area (Å²) in [6.45, 7) is 5.20. The number of halogens is 2. The predicted molar refractivity (Wildman–Crippen MR) is 108 cm³/mol. The zero-order chi connectivity index (χ0) is 21.3. The summed E-state index contributed by atoms with van der Waals surface area (Å²) >= 11 is 6.20. The minimum atomic E-state index is -0.730. The number of pyridine rings is 2. The third-order valence-corrected chi connectivity index (χ3v) is 5.28. The molecule has 6 nitrogen and oxygen atoms in total. The SMILES string of the molecule is Cc1c(Cl)ccc2[nH]c(=O)c(CC(=O)N[C@@H](C)c3ncc(C#N)cc3F)c(C)c12. The fourth-order valence-electron chi connectivity index (χ4n) is 3.36. The van der Waals surface area contributed by atoms with Crippen LogP contribution in [-0.4, -0.2) is 15.9 Å². The first kappa shape index (κ1) is 20.5. The number of nitrogens with one attached hydrogen (secondary N) is 2. The van der Waals surface area contributed by atoms with Gasteiger partial charge in [-0.05, 0) is 50.1 Å².